The van der Waals surface area contributed by atoms with E-state index >= 15 is 0 Å². The minimum Gasteiger partial charge on any atom is -0.331 e. The first kappa shape index (κ1) is 17.3. The standard InChI is InChI=1S/C21H25N3O/c1-16-19(15-22)9-5-11-20(16)23-21(25)24-13-6-10-17-7-3-2-4-8-18(17)12-14-24/h2-5,7,9,11,16,20H,6,8,10,12-14H2,1H3,(H,23,25). The van der Waals surface area contributed by atoms with Crippen molar-refractivity contribution in [3.8, 4) is 6.07 Å². The van der Waals surface area contributed by atoms with E-state index in [0.717, 1.165) is 38.8 Å². The van der Waals surface area contributed by atoms with Gasteiger partial charge >= 0.3 is 6.03 Å². The molecule has 2 atom stereocenters. The summed E-state index contributed by atoms with van der Waals surface area (Å²) < 4.78 is 0. The molecule has 0 saturated heterocycles. The highest BCUT2D eigenvalue weighted by Gasteiger charge is 2.25. The second-order valence-corrected chi connectivity index (χ2v) is 6.84. The molecule has 2 unspecified atom stereocenters. The fourth-order valence-electron chi connectivity index (χ4n) is 3.61. The van der Waals surface area contributed by atoms with Gasteiger partial charge in [-0.05, 0) is 37.3 Å². The van der Waals surface area contributed by atoms with Crippen LogP contribution in [0.25, 0.3) is 0 Å². The van der Waals surface area contributed by atoms with Crippen molar-refractivity contribution in [2.45, 2.75) is 38.6 Å². The molecule has 4 nitrogen and oxygen atoms in total. The van der Waals surface area contributed by atoms with Gasteiger partial charge in [0.15, 0.2) is 0 Å². The first-order chi connectivity index (χ1) is 12.2. The van der Waals surface area contributed by atoms with Crippen molar-refractivity contribution in [2.75, 3.05) is 13.1 Å². The maximum Gasteiger partial charge on any atom is 0.317 e. The molecular formula is C21H25N3O. The second kappa shape index (κ2) is 8.02. The molecule has 4 heteroatoms. The summed E-state index contributed by atoms with van der Waals surface area (Å²) in [5, 5.41) is 12.3. The number of nitrogens with one attached hydrogen (secondary N) is 1. The largest absolute Gasteiger partial charge is 0.331 e. The van der Waals surface area contributed by atoms with Crippen molar-refractivity contribution in [1.82, 2.24) is 10.2 Å². The fourth-order valence-corrected chi connectivity index (χ4v) is 3.61. The van der Waals surface area contributed by atoms with Crippen LogP contribution in [-0.2, 0) is 0 Å². The van der Waals surface area contributed by atoms with E-state index in [1.807, 2.05) is 30.1 Å². The molecule has 0 spiro atoms. The van der Waals surface area contributed by atoms with Crippen LogP contribution in [0.2, 0.25) is 0 Å². The number of hydrogen-bond donors (Lipinski definition) is 1. The molecule has 1 aliphatic heterocycles. The smallest absolute Gasteiger partial charge is 0.317 e. The van der Waals surface area contributed by atoms with Crippen molar-refractivity contribution >= 4 is 6.03 Å². The van der Waals surface area contributed by atoms with Crippen LogP contribution in [0.3, 0.4) is 0 Å². The molecule has 1 N–H and O–H groups in total. The van der Waals surface area contributed by atoms with Crippen LogP contribution in [0, 0.1) is 17.2 Å². The van der Waals surface area contributed by atoms with Crippen LogP contribution in [0.5, 0.6) is 0 Å². The van der Waals surface area contributed by atoms with Gasteiger partial charge in [-0.1, -0.05) is 49.0 Å². The maximum absolute atomic E-state index is 12.7. The summed E-state index contributed by atoms with van der Waals surface area (Å²) in [6.07, 6.45) is 18.2. The number of nitrogens with zero attached hydrogens (tertiary/aromatic N) is 2. The molecule has 0 aromatic carbocycles. The molecule has 0 radical (unpaired) electrons. The van der Waals surface area contributed by atoms with Gasteiger partial charge in [0, 0.05) is 24.6 Å². The lowest BCUT2D eigenvalue weighted by atomic mass is 9.89. The Morgan fingerprint density at radius 2 is 2.16 bits per heavy atom. The van der Waals surface area contributed by atoms with E-state index in [0.29, 0.717) is 5.57 Å². The highest BCUT2D eigenvalue weighted by atomic mass is 16.2. The topological polar surface area (TPSA) is 56.1 Å². The van der Waals surface area contributed by atoms with Crippen LogP contribution in [-0.4, -0.2) is 30.1 Å². The van der Waals surface area contributed by atoms with Gasteiger partial charge in [0.2, 0.25) is 0 Å². The molecule has 0 fully saturated rings. The molecule has 0 aromatic heterocycles. The Morgan fingerprint density at radius 3 is 3.00 bits per heavy atom. The normalized spacial score (nSPS) is 26.1. The predicted molar refractivity (Wildman–Crippen MR) is 99.7 cm³/mol. The molecule has 2 aliphatic carbocycles. The minimum atomic E-state index is -0.115. The van der Waals surface area contributed by atoms with Crippen LogP contribution >= 0.6 is 0 Å². The van der Waals surface area contributed by atoms with Gasteiger partial charge in [-0.15, -0.1) is 0 Å². The van der Waals surface area contributed by atoms with E-state index in [1.165, 1.54) is 11.1 Å². The van der Waals surface area contributed by atoms with Crippen LogP contribution < -0.4 is 5.32 Å². The van der Waals surface area contributed by atoms with Gasteiger partial charge in [-0.3, -0.25) is 0 Å². The summed E-state index contributed by atoms with van der Waals surface area (Å²) in [4.78, 5) is 14.7. The van der Waals surface area contributed by atoms with Gasteiger partial charge in [0.25, 0.3) is 0 Å². The number of amides is 2. The predicted octanol–water partition coefficient (Wildman–Crippen LogP) is 4.02. The Bertz CT molecular complexity index is 718. The summed E-state index contributed by atoms with van der Waals surface area (Å²) in [7, 11) is 0. The maximum atomic E-state index is 12.7. The van der Waals surface area contributed by atoms with E-state index in [-0.39, 0.29) is 18.0 Å². The molecule has 3 aliphatic rings. The third-order valence-electron chi connectivity index (χ3n) is 5.25. The van der Waals surface area contributed by atoms with Crippen molar-refractivity contribution < 1.29 is 4.79 Å². The monoisotopic (exact) mass is 335 g/mol. The number of allylic oxidation sites excluding steroid dienone is 7. The average molecular weight is 335 g/mol. The first-order valence-electron chi connectivity index (χ1n) is 9.07. The molecule has 3 rings (SSSR count). The fraction of sp³-hybridized carbons (Fsp3) is 0.429. The van der Waals surface area contributed by atoms with Gasteiger partial charge in [-0.25, -0.2) is 4.79 Å². The molecule has 2 amide bonds. The van der Waals surface area contributed by atoms with Crippen molar-refractivity contribution in [2.24, 2.45) is 5.92 Å². The van der Waals surface area contributed by atoms with E-state index in [9.17, 15) is 10.1 Å². The minimum absolute atomic E-state index is 0.0140. The summed E-state index contributed by atoms with van der Waals surface area (Å²) in [5.74, 6) is 0.0140. The Morgan fingerprint density at radius 1 is 1.28 bits per heavy atom. The zero-order valence-electron chi connectivity index (χ0n) is 14.7. The molecule has 1 heterocycles. The Labute approximate surface area is 149 Å². The van der Waals surface area contributed by atoms with Crippen molar-refractivity contribution in [1.29, 1.82) is 5.26 Å². The molecule has 130 valence electrons. The molecular weight excluding hydrogens is 310 g/mol. The van der Waals surface area contributed by atoms with E-state index < -0.39 is 0 Å². The number of rotatable bonds is 1. The molecule has 0 aromatic rings. The lowest BCUT2D eigenvalue weighted by Gasteiger charge is -2.30. The van der Waals surface area contributed by atoms with Gasteiger partial charge < -0.3 is 10.2 Å². The summed E-state index contributed by atoms with van der Waals surface area (Å²) in [6, 6.07) is 2.08. The SMILES string of the molecule is CC1C(C#N)=CC=CC1NC(=O)N1CCCC2=C(CC=CC=C2)CC1. The van der Waals surface area contributed by atoms with E-state index in [1.54, 1.807) is 0 Å². The number of carbonyl (C=O) groups is 1. The van der Waals surface area contributed by atoms with Crippen LogP contribution in [0.1, 0.15) is 32.6 Å². The summed E-state index contributed by atoms with van der Waals surface area (Å²) in [5.41, 5.74) is 3.60. The summed E-state index contributed by atoms with van der Waals surface area (Å²) >= 11 is 0. The van der Waals surface area contributed by atoms with Gasteiger partial charge in [0.05, 0.1) is 12.1 Å². The third-order valence-corrected chi connectivity index (χ3v) is 5.25. The highest BCUT2D eigenvalue weighted by molar-refractivity contribution is 5.75. The second-order valence-electron chi connectivity index (χ2n) is 6.84. The van der Waals surface area contributed by atoms with Crippen molar-refractivity contribution in [3.63, 3.8) is 0 Å². The third kappa shape index (κ3) is 4.11. The lowest BCUT2D eigenvalue weighted by molar-refractivity contribution is 0.192. The zero-order chi connectivity index (χ0) is 17.6. The zero-order valence-corrected chi connectivity index (χ0v) is 14.7. The molecule has 0 bridgehead atoms. The Balaban J connectivity index is 1.62. The first-order valence-corrected chi connectivity index (χ1v) is 9.07. The van der Waals surface area contributed by atoms with E-state index in [4.69, 9.17) is 0 Å². The Hall–Kier alpha value is -2.54. The van der Waals surface area contributed by atoms with Gasteiger partial charge in [-0.2, -0.15) is 5.26 Å². The number of carbonyl (C=O) groups excluding carboxylic acids is 1. The van der Waals surface area contributed by atoms with Crippen LogP contribution in [0.15, 0.2) is 59.3 Å². The van der Waals surface area contributed by atoms with Crippen LogP contribution in [0.4, 0.5) is 4.79 Å². The Kier molecular flexibility index (Phi) is 5.55. The number of nitriles is 1. The van der Waals surface area contributed by atoms with E-state index in [2.05, 4.69) is 35.7 Å². The molecule has 0 saturated carbocycles. The number of urea groups is 1. The number of hydrogen-bond acceptors (Lipinski definition) is 2. The highest BCUT2D eigenvalue weighted by Crippen LogP contribution is 2.25. The summed E-state index contributed by atoms with van der Waals surface area (Å²) in [6.45, 7) is 3.51. The average Bonchev–Trinajstić information content (AvgIpc) is 2.81. The van der Waals surface area contributed by atoms with Crippen molar-refractivity contribution in [3.05, 3.63) is 59.3 Å². The molecule has 25 heavy (non-hydrogen) atoms. The van der Waals surface area contributed by atoms with Gasteiger partial charge in [0.1, 0.15) is 0 Å². The lowest BCUT2D eigenvalue weighted by Crippen LogP contribution is -2.48. The quantitative estimate of drug-likeness (QED) is 0.787.